The molecule has 6 nitrogen and oxygen atoms in total. The Morgan fingerprint density at radius 2 is 1.74 bits per heavy atom. The summed E-state index contributed by atoms with van der Waals surface area (Å²) >= 11 is 0. The van der Waals surface area contributed by atoms with E-state index in [-0.39, 0.29) is 0 Å². The molecule has 6 heteroatoms. The highest BCUT2D eigenvalue weighted by Crippen LogP contribution is 2.20. The molecule has 0 aliphatic carbocycles. The molecule has 2 heterocycles. The highest BCUT2D eigenvalue weighted by atomic mass is 16.4. The van der Waals surface area contributed by atoms with Gasteiger partial charge in [0.1, 0.15) is 0 Å². The normalized spacial score (nSPS) is 20.6. The number of carboxylic acid groups (broad SMARTS) is 2. The number of nitrogens with zero attached hydrogens (tertiary/aromatic N) is 1. The van der Waals surface area contributed by atoms with E-state index in [4.69, 9.17) is 0 Å². The Kier molecular flexibility index (Phi) is 6.31. The summed E-state index contributed by atoms with van der Waals surface area (Å²) in [6.07, 6.45) is 3.22. The molecule has 3 rings (SSSR count). The van der Waals surface area contributed by atoms with Gasteiger partial charge in [-0.25, -0.2) is 0 Å². The van der Waals surface area contributed by atoms with Gasteiger partial charge in [-0.15, -0.1) is 0 Å². The van der Waals surface area contributed by atoms with Gasteiger partial charge in [-0.05, 0) is 36.1 Å². The van der Waals surface area contributed by atoms with Gasteiger partial charge in [-0.3, -0.25) is 4.90 Å². The van der Waals surface area contributed by atoms with Crippen molar-refractivity contribution in [2.75, 3.05) is 26.2 Å². The maximum atomic E-state index is 9.41. The second-order valence-corrected chi connectivity index (χ2v) is 5.59. The molecule has 23 heavy (non-hydrogen) atoms. The first-order chi connectivity index (χ1) is 11.1. The number of carbonyl (C=O) groups is 2. The van der Waals surface area contributed by atoms with Crippen LogP contribution in [0.5, 0.6) is 0 Å². The smallest absolute Gasteiger partial charge is 0.0643 e. The summed E-state index contributed by atoms with van der Waals surface area (Å²) in [6.45, 7) is 4.78. The summed E-state index contributed by atoms with van der Waals surface area (Å²) < 4.78 is 0. The number of piperazine rings is 1. The van der Waals surface area contributed by atoms with Gasteiger partial charge >= 0.3 is 0 Å². The zero-order valence-corrected chi connectivity index (χ0v) is 12.9. The van der Waals surface area contributed by atoms with Crippen molar-refractivity contribution in [1.82, 2.24) is 10.2 Å². The average Bonchev–Trinajstić information content (AvgIpc) is 2.72. The largest absolute Gasteiger partial charge is 0.545 e. The first kappa shape index (κ1) is 17.2. The topological polar surface area (TPSA) is 95.5 Å². The van der Waals surface area contributed by atoms with E-state index in [9.17, 15) is 19.8 Å². The minimum Gasteiger partial charge on any atom is -0.545 e. The van der Waals surface area contributed by atoms with Gasteiger partial charge < -0.3 is 25.1 Å². The molecular formula is C17H20N2O4-2. The number of hydrogen-bond acceptors (Lipinski definition) is 6. The van der Waals surface area contributed by atoms with Crippen LogP contribution in [-0.2, 0) is 22.4 Å². The van der Waals surface area contributed by atoms with Crippen molar-refractivity contribution in [3.05, 3.63) is 47.5 Å². The van der Waals surface area contributed by atoms with E-state index in [1.165, 1.54) is 25.9 Å². The lowest BCUT2D eigenvalue weighted by Crippen LogP contribution is -2.51. The molecule has 0 radical (unpaired) electrons. The molecular weight excluding hydrogens is 296 g/mol. The SMILES string of the molecule is O=C([O-])/C=C/C(=O)[O-].c1ccc2c(c1)CCN1CCNCC1C2. The summed E-state index contributed by atoms with van der Waals surface area (Å²) in [5.41, 5.74) is 3.13. The van der Waals surface area contributed by atoms with Crippen LogP contribution in [0, 0.1) is 0 Å². The summed E-state index contributed by atoms with van der Waals surface area (Å²) in [5, 5.41) is 22.3. The Morgan fingerprint density at radius 1 is 1.09 bits per heavy atom. The molecule has 1 aromatic rings. The lowest BCUT2D eigenvalue weighted by Gasteiger charge is -2.34. The van der Waals surface area contributed by atoms with E-state index in [1.807, 2.05) is 0 Å². The Bertz CT molecular complexity index is 570. The number of hydrogen-bond donors (Lipinski definition) is 1. The Balaban J connectivity index is 0.000000207. The van der Waals surface area contributed by atoms with Crippen LogP contribution in [0.1, 0.15) is 11.1 Å². The Labute approximate surface area is 135 Å². The maximum Gasteiger partial charge on any atom is 0.0643 e. The summed E-state index contributed by atoms with van der Waals surface area (Å²) in [4.78, 5) is 21.5. The lowest BCUT2D eigenvalue weighted by atomic mass is 10.00. The Hall–Kier alpha value is -2.18. The first-order valence-electron chi connectivity index (χ1n) is 7.68. The summed E-state index contributed by atoms with van der Waals surface area (Å²) in [7, 11) is 0. The van der Waals surface area contributed by atoms with E-state index in [1.54, 1.807) is 11.1 Å². The van der Waals surface area contributed by atoms with E-state index >= 15 is 0 Å². The minimum absolute atomic E-state index is 0.384. The quantitative estimate of drug-likeness (QED) is 0.641. The fourth-order valence-corrected chi connectivity index (χ4v) is 2.95. The molecule has 0 bridgehead atoms. The third-order valence-corrected chi connectivity index (χ3v) is 4.07. The molecule has 0 saturated carbocycles. The molecule has 1 unspecified atom stereocenters. The molecule has 1 saturated heterocycles. The van der Waals surface area contributed by atoms with Crippen molar-refractivity contribution < 1.29 is 19.8 Å². The second kappa shape index (κ2) is 8.45. The van der Waals surface area contributed by atoms with Crippen molar-refractivity contribution in [3.8, 4) is 0 Å². The number of carbonyl (C=O) groups excluding carboxylic acids is 2. The second-order valence-electron chi connectivity index (χ2n) is 5.59. The van der Waals surface area contributed by atoms with Gasteiger partial charge in [0.05, 0.1) is 11.9 Å². The van der Waals surface area contributed by atoms with Crippen molar-refractivity contribution in [3.63, 3.8) is 0 Å². The molecule has 1 aromatic carbocycles. The van der Waals surface area contributed by atoms with Gasteiger partial charge in [0.15, 0.2) is 0 Å². The average molecular weight is 316 g/mol. The standard InChI is InChI=1S/C13H18N2.C4H4O4/c1-2-4-12-9-13-10-14-6-8-15(13)7-5-11(12)3-1;5-3(6)1-2-4(7)8/h1-4,13-14H,5-10H2;1-2H,(H,5,6)(H,7,8)/p-2/b;2-1+. The molecule has 1 N–H and O–H groups in total. The molecule has 2 aliphatic heterocycles. The highest BCUT2D eigenvalue weighted by Gasteiger charge is 2.25. The minimum atomic E-state index is -1.55. The third-order valence-electron chi connectivity index (χ3n) is 4.07. The van der Waals surface area contributed by atoms with Gasteiger partial charge in [0.25, 0.3) is 0 Å². The van der Waals surface area contributed by atoms with Crippen LogP contribution >= 0.6 is 0 Å². The predicted octanol–water partition coefficient (Wildman–Crippen LogP) is -1.90. The molecule has 0 spiro atoms. The number of aliphatic carboxylic acids is 2. The van der Waals surface area contributed by atoms with Crippen LogP contribution in [0.15, 0.2) is 36.4 Å². The fraction of sp³-hybridized carbons (Fsp3) is 0.412. The predicted molar refractivity (Wildman–Crippen MR) is 81.2 cm³/mol. The zero-order valence-electron chi connectivity index (χ0n) is 12.9. The van der Waals surface area contributed by atoms with Gasteiger partial charge in [-0.1, -0.05) is 24.3 Å². The molecule has 1 fully saturated rings. The Morgan fingerprint density at radius 3 is 2.39 bits per heavy atom. The van der Waals surface area contributed by atoms with E-state index in [0.717, 1.165) is 19.1 Å². The van der Waals surface area contributed by atoms with E-state index in [0.29, 0.717) is 12.2 Å². The molecule has 0 amide bonds. The zero-order chi connectivity index (χ0) is 16.7. The summed E-state index contributed by atoms with van der Waals surface area (Å²) in [6, 6.07) is 9.66. The number of nitrogens with one attached hydrogen (secondary N) is 1. The highest BCUT2D eigenvalue weighted by molar-refractivity contribution is 5.87. The van der Waals surface area contributed by atoms with Crippen LogP contribution in [0.25, 0.3) is 0 Å². The lowest BCUT2D eigenvalue weighted by molar-refractivity contribution is -0.301. The van der Waals surface area contributed by atoms with Crippen molar-refractivity contribution in [2.24, 2.45) is 0 Å². The van der Waals surface area contributed by atoms with Crippen LogP contribution in [0.4, 0.5) is 0 Å². The maximum absolute atomic E-state index is 9.41. The number of carboxylic acids is 2. The molecule has 2 aliphatic rings. The van der Waals surface area contributed by atoms with Crippen LogP contribution in [0.2, 0.25) is 0 Å². The molecule has 124 valence electrons. The van der Waals surface area contributed by atoms with E-state index < -0.39 is 11.9 Å². The molecule has 1 atom stereocenters. The van der Waals surface area contributed by atoms with Crippen LogP contribution in [-0.4, -0.2) is 49.1 Å². The van der Waals surface area contributed by atoms with E-state index in [2.05, 4.69) is 34.5 Å². The number of rotatable bonds is 2. The van der Waals surface area contributed by atoms with Crippen molar-refractivity contribution in [2.45, 2.75) is 18.9 Å². The van der Waals surface area contributed by atoms with Gasteiger partial charge in [-0.2, -0.15) is 0 Å². The third kappa shape index (κ3) is 5.50. The number of fused-ring (bicyclic) bond motifs is 2. The first-order valence-corrected chi connectivity index (χ1v) is 7.68. The fourth-order valence-electron chi connectivity index (χ4n) is 2.95. The summed E-state index contributed by atoms with van der Waals surface area (Å²) in [5.74, 6) is -3.09. The molecule has 0 aromatic heterocycles. The van der Waals surface area contributed by atoms with Gasteiger partial charge in [0.2, 0.25) is 0 Å². The van der Waals surface area contributed by atoms with Crippen molar-refractivity contribution >= 4 is 11.9 Å². The van der Waals surface area contributed by atoms with Crippen molar-refractivity contribution in [1.29, 1.82) is 0 Å². The van der Waals surface area contributed by atoms with Crippen LogP contribution in [0.3, 0.4) is 0 Å². The number of benzene rings is 1. The van der Waals surface area contributed by atoms with Crippen LogP contribution < -0.4 is 15.5 Å². The van der Waals surface area contributed by atoms with Gasteiger partial charge in [0, 0.05) is 32.2 Å². The monoisotopic (exact) mass is 316 g/mol.